The average Bonchev–Trinajstić information content (AvgIpc) is 3.82. The van der Waals surface area contributed by atoms with E-state index in [9.17, 15) is 9.59 Å². The molecule has 2 fully saturated rings. The third kappa shape index (κ3) is 8.09. The van der Waals surface area contributed by atoms with Crippen molar-refractivity contribution >= 4 is 46.0 Å². The summed E-state index contributed by atoms with van der Waals surface area (Å²) in [7, 11) is 3.34. The molecule has 5 N–H and O–H groups in total. The summed E-state index contributed by atoms with van der Waals surface area (Å²) in [4.78, 5) is 23.7. The molecule has 4 aliphatic rings. The lowest BCUT2D eigenvalue weighted by atomic mass is 10.0. The van der Waals surface area contributed by atoms with Crippen LogP contribution in [0.4, 0.5) is 16.3 Å². The highest BCUT2D eigenvalue weighted by Gasteiger charge is 2.42. The first-order valence-corrected chi connectivity index (χ1v) is 17.3. The zero-order valence-corrected chi connectivity index (χ0v) is 27.8. The van der Waals surface area contributed by atoms with Crippen LogP contribution < -0.4 is 30.7 Å². The Balaban J connectivity index is 0.895. The first kappa shape index (κ1) is 32.9. The fourth-order valence-corrected chi connectivity index (χ4v) is 7.82. The second-order valence-electron chi connectivity index (χ2n) is 11.8. The molecule has 252 valence electrons. The highest BCUT2D eigenvalue weighted by atomic mass is 32.2. The van der Waals surface area contributed by atoms with Gasteiger partial charge in [0.1, 0.15) is 17.3 Å². The molecule has 12 nitrogen and oxygen atoms in total. The van der Waals surface area contributed by atoms with Crippen molar-refractivity contribution in [3.8, 4) is 22.8 Å². The van der Waals surface area contributed by atoms with E-state index in [1.807, 2.05) is 48.2 Å². The van der Waals surface area contributed by atoms with Gasteiger partial charge < -0.3 is 40.2 Å². The molecule has 3 unspecified atom stereocenters. The van der Waals surface area contributed by atoms with Gasteiger partial charge in [-0.1, -0.05) is 12.5 Å². The fourth-order valence-electron chi connectivity index (χ4n) is 6.27. The first-order valence-electron chi connectivity index (χ1n) is 16.2. The largest absolute Gasteiger partial charge is 0.497 e. The number of nitrogens with zero attached hydrogens (tertiary/aromatic N) is 1. The molecule has 1 aliphatic carbocycles. The van der Waals surface area contributed by atoms with Crippen molar-refractivity contribution < 1.29 is 28.5 Å². The number of fused-ring (bicyclic) bond motifs is 4. The molecule has 6 rings (SSSR count). The van der Waals surface area contributed by atoms with Crippen LogP contribution in [0.25, 0.3) is 22.0 Å². The zero-order valence-electron chi connectivity index (χ0n) is 26.9. The number of hydrogen-bond acceptors (Lipinski definition) is 8. The third-order valence-corrected chi connectivity index (χ3v) is 10.2. The maximum Gasteiger partial charge on any atom is 0.315 e. The number of unbranched alkanes of at least 4 members (excludes halogenated alkanes) is 1. The smallest absolute Gasteiger partial charge is 0.315 e. The van der Waals surface area contributed by atoms with E-state index in [2.05, 4.69) is 43.2 Å². The highest BCUT2D eigenvalue weighted by Crippen LogP contribution is 2.41. The van der Waals surface area contributed by atoms with Gasteiger partial charge >= 0.3 is 6.03 Å². The first-order chi connectivity index (χ1) is 23.0. The summed E-state index contributed by atoms with van der Waals surface area (Å²) < 4.78 is 24.5. The summed E-state index contributed by atoms with van der Waals surface area (Å²) in [6.07, 6.45) is 3.33. The van der Waals surface area contributed by atoms with E-state index in [4.69, 9.17) is 18.9 Å². The van der Waals surface area contributed by atoms with Crippen LogP contribution in [0.2, 0.25) is 0 Å². The number of thioether (sulfide) groups is 1. The predicted octanol–water partition coefficient (Wildman–Crippen LogP) is 4.71. The highest BCUT2D eigenvalue weighted by molar-refractivity contribution is 8.00. The van der Waals surface area contributed by atoms with Crippen molar-refractivity contribution in [1.29, 1.82) is 0 Å². The maximum absolute atomic E-state index is 12.2. The number of carbonyl (C=O) groups excluding carboxylic acids is 2. The van der Waals surface area contributed by atoms with Gasteiger partial charge in [-0.15, -0.1) is 0 Å². The van der Waals surface area contributed by atoms with Gasteiger partial charge in [-0.25, -0.2) is 4.79 Å². The standard InChI is InChI=1S/C34H44N6O6S/c1-43-24-7-5-6-23(20-24)36-33-27-19-22-18-25(44-2)10-11-26(22)31(27)39-40(33)13-15-46-17-16-45-14-12-35-30(41)9-4-3-8-29-32-28(21-47-29)37-34(42)38-32/h5-7,10-11,18-20,28-29,32,36,39H,3-4,8-9,12-17,21H2,1-2H3,(H,35,41)(H2,37,38,42). The van der Waals surface area contributed by atoms with Gasteiger partial charge in [0.2, 0.25) is 5.91 Å². The maximum atomic E-state index is 12.2. The topological polar surface area (TPSA) is 140 Å². The Morgan fingerprint density at radius 2 is 1.81 bits per heavy atom. The SMILES string of the molecule is COc1cccc(Nc2c3cc4cc(OC)ccc4c-3[nH]n2CCOCCOCCNC(=O)CCCCC2SCC3NC(=O)NC32)c1. The third-order valence-electron chi connectivity index (χ3n) is 8.68. The molecule has 3 aliphatic heterocycles. The van der Waals surface area contributed by atoms with Crippen LogP contribution in [-0.2, 0) is 20.8 Å². The van der Waals surface area contributed by atoms with Gasteiger partial charge in [-0.2, -0.15) is 11.8 Å². The minimum absolute atomic E-state index is 0.0462. The predicted molar refractivity (Wildman–Crippen MR) is 184 cm³/mol. The number of hydrogen-bond donors (Lipinski definition) is 5. The van der Waals surface area contributed by atoms with Crippen molar-refractivity contribution in [3.63, 3.8) is 0 Å². The quantitative estimate of drug-likeness (QED) is 0.0762. The monoisotopic (exact) mass is 664 g/mol. The summed E-state index contributed by atoms with van der Waals surface area (Å²) in [5.74, 6) is 3.54. The molecule has 0 aromatic heterocycles. The second-order valence-corrected chi connectivity index (χ2v) is 13.1. The number of benzene rings is 2. The molecule has 0 bridgehead atoms. The Kier molecular flexibility index (Phi) is 11.0. The molecule has 47 heavy (non-hydrogen) atoms. The molecular formula is C34H44N6O6S. The van der Waals surface area contributed by atoms with Gasteiger partial charge in [0.05, 0.1) is 65.0 Å². The molecule has 2 aromatic carbocycles. The molecular weight excluding hydrogens is 620 g/mol. The summed E-state index contributed by atoms with van der Waals surface area (Å²) >= 11 is 1.91. The molecule has 13 heteroatoms. The van der Waals surface area contributed by atoms with Gasteiger partial charge in [-0.05, 0) is 54.6 Å². The molecule has 3 atom stereocenters. The van der Waals surface area contributed by atoms with Crippen LogP contribution in [0.3, 0.4) is 0 Å². The van der Waals surface area contributed by atoms with Gasteiger partial charge in [0, 0.05) is 46.7 Å². The van der Waals surface area contributed by atoms with Crippen LogP contribution in [0.15, 0.2) is 48.5 Å². The van der Waals surface area contributed by atoms with E-state index in [-0.39, 0.29) is 24.0 Å². The lowest BCUT2D eigenvalue weighted by molar-refractivity contribution is -0.121. The number of nitrogens with one attached hydrogen (secondary N) is 5. The number of rotatable bonds is 18. The molecule has 3 amide bonds. The van der Waals surface area contributed by atoms with Gasteiger partial charge in [-0.3, -0.25) is 14.6 Å². The number of urea groups is 1. The number of methoxy groups -OCH3 is 2. The van der Waals surface area contributed by atoms with Crippen molar-refractivity contribution in [3.05, 3.63) is 48.5 Å². The van der Waals surface area contributed by atoms with E-state index in [1.165, 1.54) is 0 Å². The summed E-state index contributed by atoms with van der Waals surface area (Å²) in [5, 5.41) is 18.7. The number of aromatic amines is 1. The van der Waals surface area contributed by atoms with Crippen molar-refractivity contribution in [2.24, 2.45) is 0 Å². The molecule has 2 saturated heterocycles. The van der Waals surface area contributed by atoms with Crippen LogP contribution in [0.1, 0.15) is 25.7 Å². The Labute approximate surface area is 278 Å². The van der Waals surface area contributed by atoms with E-state index < -0.39 is 0 Å². The van der Waals surface area contributed by atoms with E-state index in [1.54, 1.807) is 14.2 Å². The van der Waals surface area contributed by atoms with Crippen molar-refractivity contribution in [1.82, 2.24) is 25.7 Å². The van der Waals surface area contributed by atoms with Crippen molar-refractivity contribution in [2.45, 2.75) is 49.6 Å². The van der Waals surface area contributed by atoms with Crippen LogP contribution in [-0.4, -0.2) is 92.0 Å². The Morgan fingerprint density at radius 1 is 0.979 bits per heavy atom. The average molecular weight is 665 g/mol. The molecule has 0 spiro atoms. The minimum Gasteiger partial charge on any atom is -0.497 e. The number of aromatic nitrogens is 2. The number of anilines is 2. The van der Waals surface area contributed by atoms with Crippen LogP contribution >= 0.6 is 11.8 Å². The Bertz CT molecular complexity index is 1620. The Hall–Kier alpha value is -4.07. The van der Waals surface area contributed by atoms with Gasteiger partial charge in [0.25, 0.3) is 0 Å². The fraction of sp³-hybridized carbons (Fsp3) is 0.471. The lowest BCUT2D eigenvalue weighted by Crippen LogP contribution is -2.36. The molecule has 2 aromatic rings. The van der Waals surface area contributed by atoms with E-state index in [0.29, 0.717) is 51.2 Å². The number of carbonyl (C=O) groups is 2. The lowest BCUT2D eigenvalue weighted by Gasteiger charge is -2.16. The minimum atomic E-state index is -0.0582. The Morgan fingerprint density at radius 3 is 2.66 bits per heavy atom. The number of amides is 3. The zero-order chi connectivity index (χ0) is 32.6. The number of ether oxygens (including phenoxy) is 4. The summed E-state index contributed by atoms with van der Waals surface area (Å²) in [6, 6.07) is 16.5. The molecule has 3 heterocycles. The molecule has 0 saturated carbocycles. The summed E-state index contributed by atoms with van der Waals surface area (Å²) in [5.41, 5.74) is 3.03. The van der Waals surface area contributed by atoms with E-state index in [0.717, 1.165) is 70.0 Å². The normalized spacial score (nSPS) is 18.7. The summed E-state index contributed by atoms with van der Waals surface area (Å²) in [6.45, 7) is 2.94. The van der Waals surface area contributed by atoms with E-state index >= 15 is 0 Å². The number of H-pyrrole nitrogens is 1. The molecule has 0 radical (unpaired) electrons. The van der Waals surface area contributed by atoms with Crippen LogP contribution in [0, 0.1) is 0 Å². The van der Waals surface area contributed by atoms with Gasteiger partial charge in [0.15, 0.2) is 0 Å². The van der Waals surface area contributed by atoms with Crippen LogP contribution in [0.5, 0.6) is 11.5 Å². The van der Waals surface area contributed by atoms with Crippen molar-refractivity contribution in [2.75, 3.05) is 58.3 Å². The second kappa shape index (κ2) is 15.7.